The number of pyridine rings is 1. The summed E-state index contributed by atoms with van der Waals surface area (Å²) < 4.78 is 6.22. The van der Waals surface area contributed by atoms with Crippen molar-refractivity contribution in [3.05, 3.63) is 55.9 Å². The average molecular weight is 376 g/mol. The topological polar surface area (TPSA) is 60.3 Å². The van der Waals surface area contributed by atoms with Crippen molar-refractivity contribution in [2.75, 3.05) is 12.4 Å². The lowest BCUT2D eigenvalue weighted by molar-refractivity contribution is -0.118. The first-order chi connectivity index (χ1) is 10.8. The quantitative estimate of drug-likeness (QED) is 0.878. The van der Waals surface area contributed by atoms with Crippen LogP contribution in [0.5, 0.6) is 5.75 Å². The molecule has 0 spiro atoms. The molecule has 0 aliphatic carbocycles. The van der Waals surface area contributed by atoms with Crippen molar-refractivity contribution in [1.82, 2.24) is 4.57 Å². The second-order valence-corrected chi connectivity index (χ2v) is 5.98. The maximum absolute atomic E-state index is 12.3. The number of carbonyl (C=O) groups excluding carboxylic acids is 1. The van der Waals surface area contributed by atoms with Crippen LogP contribution < -0.4 is 15.6 Å². The molecule has 0 aliphatic heterocycles. The molecule has 0 fully saturated rings. The highest BCUT2D eigenvalue weighted by Crippen LogP contribution is 2.27. The lowest BCUT2D eigenvalue weighted by atomic mass is 10.2. The van der Waals surface area contributed by atoms with Crippen LogP contribution in [0.1, 0.15) is 13.0 Å². The molecule has 1 aromatic carbocycles. The Kier molecular flexibility index (Phi) is 5.57. The second kappa shape index (κ2) is 7.25. The van der Waals surface area contributed by atoms with E-state index in [1.165, 1.54) is 23.9 Å². The van der Waals surface area contributed by atoms with Crippen molar-refractivity contribution in [3.63, 3.8) is 0 Å². The minimum absolute atomic E-state index is 0.0513. The number of anilines is 1. The summed E-state index contributed by atoms with van der Waals surface area (Å²) in [7, 11) is 1.50. The molecular formula is C15H13Cl3N2O3. The van der Waals surface area contributed by atoms with Gasteiger partial charge in [-0.05, 0) is 31.2 Å². The number of benzene rings is 1. The highest BCUT2D eigenvalue weighted by atomic mass is 35.5. The van der Waals surface area contributed by atoms with E-state index < -0.39 is 17.5 Å². The summed E-state index contributed by atoms with van der Waals surface area (Å²) >= 11 is 17.7. The van der Waals surface area contributed by atoms with Gasteiger partial charge in [0.2, 0.25) is 5.91 Å². The Morgan fingerprint density at radius 1 is 1.22 bits per heavy atom. The van der Waals surface area contributed by atoms with Crippen molar-refractivity contribution in [1.29, 1.82) is 0 Å². The van der Waals surface area contributed by atoms with Gasteiger partial charge in [-0.25, -0.2) is 0 Å². The molecule has 1 N–H and O–H groups in total. The van der Waals surface area contributed by atoms with Crippen molar-refractivity contribution in [2.45, 2.75) is 13.0 Å². The maximum Gasteiger partial charge on any atom is 0.270 e. The van der Waals surface area contributed by atoms with E-state index in [-0.39, 0.29) is 10.0 Å². The number of methoxy groups -OCH3 is 1. The molecule has 0 bridgehead atoms. The molecule has 0 saturated carbocycles. The number of ether oxygens (including phenoxy) is 1. The van der Waals surface area contributed by atoms with Gasteiger partial charge in [-0.1, -0.05) is 34.8 Å². The monoisotopic (exact) mass is 374 g/mol. The minimum Gasteiger partial charge on any atom is -0.495 e. The first-order valence-electron chi connectivity index (χ1n) is 6.55. The number of aromatic nitrogens is 1. The number of nitrogens with zero attached hydrogens (tertiary/aromatic N) is 1. The van der Waals surface area contributed by atoms with E-state index in [9.17, 15) is 9.59 Å². The molecule has 0 saturated heterocycles. The van der Waals surface area contributed by atoms with E-state index in [2.05, 4.69) is 5.32 Å². The summed E-state index contributed by atoms with van der Waals surface area (Å²) in [6.45, 7) is 1.56. The highest BCUT2D eigenvalue weighted by Gasteiger charge is 2.18. The zero-order valence-electron chi connectivity index (χ0n) is 12.3. The van der Waals surface area contributed by atoms with Crippen LogP contribution in [0.3, 0.4) is 0 Å². The molecule has 122 valence electrons. The van der Waals surface area contributed by atoms with Gasteiger partial charge in [-0.2, -0.15) is 0 Å². The van der Waals surface area contributed by atoms with E-state index in [0.29, 0.717) is 16.5 Å². The zero-order chi connectivity index (χ0) is 17.1. The van der Waals surface area contributed by atoms with E-state index in [1.807, 2.05) is 0 Å². The summed E-state index contributed by atoms with van der Waals surface area (Å²) in [6, 6.07) is 5.35. The van der Waals surface area contributed by atoms with Crippen molar-refractivity contribution in [2.24, 2.45) is 0 Å². The van der Waals surface area contributed by atoms with Crippen LogP contribution in [0.2, 0.25) is 15.1 Å². The van der Waals surface area contributed by atoms with Crippen LogP contribution in [0.15, 0.2) is 35.3 Å². The number of rotatable bonds is 4. The van der Waals surface area contributed by atoms with E-state index in [4.69, 9.17) is 39.5 Å². The molecule has 5 nitrogen and oxygen atoms in total. The lowest BCUT2D eigenvalue weighted by Gasteiger charge is -2.16. The van der Waals surface area contributed by atoms with E-state index in [1.54, 1.807) is 25.1 Å². The Labute approximate surface area is 147 Å². The molecule has 23 heavy (non-hydrogen) atoms. The fourth-order valence-electron chi connectivity index (χ4n) is 1.94. The number of amides is 1. The van der Waals surface area contributed by atoms with Crippen LogP contribution in [0, 0.1) is 0 Å². The summed E-state index contributed by atoms with van der Waals surface area (Å²) in [4.78, 5) is 24.3. The molecule has 1 atom stereocenters. The Morgan fingerprint density at radius 2 is 1.91 bits per heavy atom. The number of hydrogen-bond acceptors (Lipinski definition) is 3. The third-order valence-corrected chi connectivity index (χ3v) is 3.95. The maximum atomic E-state index is 12.3. The van der Waals surface area contributed by atoms with Gasteiger partial charge < -0.3 is 14.6 Å². The van der Waals surface area contributed by atoms with Crippen molar-refractivity contribution < 1.29 is 9.53 Å². The first-order valence-corrected chi connectivity index (χ1v) is 7.68. The van der Waals surface area contributed by atoms with Crippen LogP contribution in [0.25, 0.3) is 0 Å². The zero-order valence-corrected chi connectivity index (χ0v) is 14.5. The van der Waals surface area contributed by atoms with Gasteiger partial charge in [-0.3, -0.25) is 9.59 Å². The molecule has 0 aliphatic rings. The predicted molar refractivity (Wildman–Crippen MR) is 92.1 cm³/mol. The smallest absolute Gasteiger partial charge is 0.270 e. The minimum atomic E-state index is -0.806. The summed E-state index contributed by atoms with van der Waals surface area (Å²) in [5, 5.41) is 3.25. The Morgan fingerprint density at radius 3 is 2.52 bits per heavy atom. The highest BCUT2D eigenvalue weighted by molar-refractivity contribution is 6.34. The molecule has 8 heteroatoms. The second-order valence-electron chi connectivity index (χ2n) is 4.73. The van der Waals surface area contributed by atoms with Gasteiger partial charge in [0.15, 0.2) is 0 Å². The van der Waals surface area contributed by atoms with Gasteiger partial charge in [0.1, 0.15) is 16.8 Å². The van der Waals surface area contributed by atoms with Crippen LogP contribution in [-0.2, 0) is 4.79 Å². The summed E-state index contributed by atoms with van der Waals surface area (Å²) in [5.41, 5.74) is -0.0136. The molecule has 1 amide bonds. The van der Waals surface area contributed by atoms with Gasteiger partial charge in [-0.15, -0.1) is 0 Å². The third-order valence-electron chi connectivity index (χ3n) is 3.18. The lowest BCUT2D eigenvalue weighted by Crippen LogP contribution is -2.31. The predicted octanol–water partition coefficient (Wildman–Crippen LogP) is 4.02. The summed E-state index contributed by atoms with van der Waals surface area (Å²) in [6.07, 6.45) is 1.36. The molecule has 2 rings (SSSR count). The largest absolute Gasteiger partial charge is 0.495 e. The number of hydrogen-bond donors (Lipinski definition) is 1. The molecule has 2 aromatic rings. The SMILES string of the molecule is COc1ccc(NC(=O)C(C)n2cc(Cl)cc(Cl)c2=O)cc1Cl. The fourth-order valence-corrected chi connectivity index (χ4v) is 2.68. The summed E-state index contributed by atoms with van der Waals surface area (Å²) in [5.74, 6) is 0.0854. The van der Waals surface area contributed by atoms with Gasteiger partial charge in [0, 0.05) is 11.9 Å². The van der Waals surface area contributed by atoms with Gasteiger partial charge >= 0.3 is 0 Å². The van der Waals surface area contributed by atoms with Crippen LogP contribution in [0.4, 0.5) is 5.69 Å². The van der Waals surface area contributed by atoms with Crippen molar-refractivity contribution >= 4 is 46.4 Å². The Balaban J connectivity index is 2.24. The van der Waals surface area contributed by atoms with Gasteiger partial charge in [0.25, 0.3) is 5.56 Å². The average Bonchev–Trinajstić information content (AvgIpc) is 2.50. The molecule has 1 aromatic heterocycles. The van der Waals surface area contributed by atoms with Crippen molar-refractivity contribution in [3.8, 4) is 5.75 Å². The number of halogens is 3. The Bertz CT molecular complexity index is 805. The standard InChI is InChI=1S/C15H13Cl3N2O3/c1-8(20-7-9(16)5-12(18)15(20)22)14(21)19-10-3-4-13(23-2)11(17)6-10/h3-8H,1-2H3,(H,19,21). The van der Waals surface area contributed by atoms with Gasteiger partial charge in [0.05, 0.1) is 17.2 Å². The van der Waals surface area contributed by atoms with E-state index >= 15 is 0 Å². The molecule has 1 unspecified atom stereocenters. The number of nitrogens with one attached hydrogen (secondary N) is 1. The van der Waals surface area contributed by atoms with Crippen LogP contribution >= 0.6 is 34.8 Å². The normalized spacial score (nSPS) is 11.9. The molecule has 0 radical (unpaired) electrons. The fraction of sp³-hybridized carbons (Fsp3) is 0.200. The first kappa shape index (κ1) is 17.7. The van der Waals surface area contributed by atoms with Crippen LogP contribution in [-0.4, -0.2) is 17.6 Å². The molecular weight excluding hydrogens is 363 g/mol. The Hall–Kier alpha value is -1.69. The van der Waals surface area contributed by atoms with E-state index in [0.717, 1.165) is 0 Å². The third kappa shape index (κ3) is 3.99. The molecule has 1 heterocycles. The number of carbonyl (C=O) groups is 1.